The van der Waals surface area contributed by atoms with E-state index in [1.165, 1.54) is 12.3 Å². The smallest absolute Gasteiger partial charge is 0.408 e. The Labute approximate surface area is 318 Å². The van der Waals surface area contributed by atoms with E-state index in [9.17, 15) is 23.1 Å². The highest BCUT2D eigenvalue weighted by molar-refractivity contribution is 7.13. The molecule has 17 heteroatoms. The van der Waals surface area contributed by atoms with Crippen LogP contribution in [0.3, 0.4) is 0 Å². The molecule has 1 N–H and O–H groups in total. The number of nitrogens with zero attached hydrogens (tertiary/aromatic N) is 6. The first-order valence-electron chi connectivity index (χ1n) is 16.9. The number of rotatable bonds is 14. The third-order valence-electron chi connectivity index (χ3n) is 9.39. The molecule has 0 amide bonds. The molecule has 53 heavy (non-hydrogen) atoms. The maximum atomic E-state index is 13.0. The number of hydrogen-bond acceptors (Lipinski definition) is 10. The summed E-state index contributed by atoms with van der Waals surface area (Å²) in [5.74, 6) is -0.270. The number of carboxylic acid groups (broad SMARTS) is 1. The lowest BCUT2D eigenvalue weighted by Gasteiger charge is -2.37. The normalized spacial score (nSPS) is 18.8. The molecule has 3 aromatic heterocycles. The fraction of sp³-hybridized carbons (Fsp3) is 0.444. The van der Waals surface area contributed by atoms with Crippen LogP contribution in [0.2, 0.25) is 5.15 Å². The molecule has 0 saturated carbocycles. The molecule has 4 aromatic rings. The van der Waals surface area contributed by atoms with Crippen molar-refractivity contribution in [1.29, 1.82) is 0 Å². The monoisotopic (exact) mass is 794 g/mol. The summed E-state index contributed by atoms with van der Waals surface area (Å²) in [5.41, 5.74) is 1.25. The summed E-state index contributed by atoms with van der Waals surface area (Å²) in [7, 11) is 2.12. The molecule has 1 unspecified atom stereocenters. The fourth-order valence-corrected chi connectivity index (χ4v) is 7.53. The lowest BCUT2D eigenvalue weighted by atomic mass is 9.74. The van der Waals surface area contributed by atoms with Gasteiger partial charge in [0.05, 0.1) is 21.2 Å². The number of pyridine rings is 1. The van der Waals surface area contributed by atoms with Crippen molar-refractivity contribution >= 4 is 56.4 Å². The summed E-state index contributed by atoms with van der Waals surface area (Å²) in [4.78, 5) is 21.7. The Morgan fingerprint density at radius 3 is 2.62 bits per heavy atom. The minimum Gasteiger partial charge on any atom is -0.495 e. The van der Waals surface area contributed by atoms with Gasteiger partial charge in [-0.05, 0) is 47.9 Å². The number of para-hydroxylation sites is 1. The van der Waals surface area contributed by atoms with Crippen molar-refractivity contribution in [3.8, 4) is 11.6 Å². The Morgan fingerprint density at radius 1 is 1.13 bits per heavy atom. The topological polar surface area (TPSA) is 115 Å². The Kier molecular flexibility index (Phi) is 11.9. The predicted octanol–water partition coefficient (Wildman–Crippen LogP) is 6.94. The molecule has 0 bridgehead atoms. The average Bonchev–Trinajstić information content (AvgIpc) is 3.72. The highest BCUT2D eigenvalue weighted by atomic mass is 35.5. The number of alkyl halides is 4. The Hall–Kier alpha value is -3.89. The van der Waals surface area contributed by atoms with Gasteiger partial charge in [0, 0.05) is 62.5 Å². The van der Waals surface area contributed by atoms with Crippen LogP contribution in [0.15, 0.2) is 60.6 Å². The zero-order valence-corrected chi connectivity index (χ0v) is 31.6. The number of aromatic nitrogens is 4. The third kappa shape index (κ3) is 9.08. The summed E-state index contributed by atoms with van der Waals surface area (Å²) in [6.07, 6.45) is 0.534. The third-order valence-corrected chi connectivity index (χ3v) is 11.2. The summed E-state index contributed by atoms with van der Waals surface area (Å²) in [6.45, 7) is 7.77. The van der Waals surface area contributed by atoms with Crippen molar-refractivity contribution in [2.45, 2.75) is 51.1 Å². The Balaban J connectivity index is 1.22. The van der Waals surface area contributed by atoms with Gasteiger partial charge in [-0.2, -0.15) is 22.6 Å². The van der Waals surface area contributed by atoms with E-state index in [-0.39, 0.29) is 35.5 Å². The highest BCUT2D eigenvalue weighted by Crippen LogP contribution is 2.50. The first kappa shape index (κ1) is 38.8. The number of hydrogen-bond donors (Lipinski definition) is 1. The van der Waals surface area contributed by atoms with Gasteiger partial charge in [0.25, 0.3) is 0 Å². The summed E-state index contributed by atoms with van der Waals surface area (Å²) >= 11 is 15.0. The molecule has 0 spiro atoms. The SMILES string of the molecule is CN1CCN(CCOC2=CC=C(c3c(Cl)ncc4snc(O[C@H](Cc5ccccc5OCc5ccnn5CC(F)(F)F)C(=O)O)c34)C(C)(C)C2Cl)CC1. The second-order valence-electron chi connectivity index (χ2n) is 13.5. The number of piperazine rings is 1. The van der Waals surface area contributed by atoms with Crippen molar-refractivity contribution in [3.63, 3.8) is 0 Å². The van der Waals surface area contributed by atoms with Gasteiger partial charge in [0.15, 0.2) is 0 Å². The molecule has 284 valence electrons. The van der Waals surface area contributed by atoms with Crippen molar-refractivity contribution in [2.75, 3.05) is 46.4 Å². The van der Waals surface area contributed by atoms with Crippen LogP contribution in [-0.2, 0) is 29.1 Å². The van der Waals surface area contributed by atoms with E-state index >= 15 is 0 Å². The second-order valence-corrected chi connectivity index (χ2v) is 15.1. The zero-order chi connectivity index (χ0) is 37.9. The quantitative estimate of drug-likeness (QED) is 0.106. The van der Waals surface area contributed by atoms with Crippen LogP contribution >= 0.6 is 34.7 Å². The standard InChI is InChI=1S/C36H39Cl2F3N6O5S/c1-35(2)24(8-9-26(31(35)37)50-17-16-46-14-12-45(3)13-15-46)29-30-28(19-42-32(29)38)53-44-33(30)52-27(34(48)49)18-22-6-4-5-7-25(22)51-20-23-10-11-43-47(23)21-36(39,40)41/h4-11,19,27,31H,12-18,20-21H2,1-3H3,(H,48,49)/t27-,31?/m1/s1. The molecule has 2 atom stereocenters. The molecule has 4 heterocycles. The first-order valence-corrected chi connectivity index (χ1v) is 18.5. The number of allylic oxidation sites excluding steroid dienone is 4. The van der Waals surface area contributed by atoms with Gasteiger partial charge in [-0.25, -0.2) is 9.78 Å². The number of likely N-dealkylation sites (N-methyl/N-ethyl adjacent to an activating group) is 1. The molecule has 1 saturated heterocycles. The fourth-order valence-electron chi connectivity index (χ4n) is 6.34. The van der Waals surface area contributed by atoms with E-state index in [0.717, 1.165) is 54.5 Å². The maximum Gasteiger partial charge on any atom is 0.408 e. The van der Waals surface area contributed by atoms with Gasteiger partial charge in [-0.1, -0.05) is 49.7 Å². The molecule has 6 rings (SSSR count). The van der Waals surface area contributed by atoms with Crippen molar-refractivity contribution in [3.05, 3.63) is 82.6 Å². The van der Waals surface area contributed by atoms with Crippen molar-refractivity contribution in [1.82, 2.24) is 28.9 Å². The summed E-state index contributed by atoms with van der Waals surface area (Å²) < 4.78 is 63.2. The van der Waals surface area contributed by atoms with Gasteiger partial charge in [-0.15, -0.1) is 11.6 Å². The van der Waals surface area contributed by atoms with Crippen LogP contribution in [0.1, 0.15) is 30.7 Å². The van der Waals surface area contributed by atoms with Crippen molar-refractivity contribution < 1.29 is 37.3 Å². The first-order chi connectivity index (χ1) is 25.2. The van der Waals surface area contributed by atoms with Gasteiger partial charge >= 0.3 is 12.1 Å². The number of aliphatic carboxylic acids is 1. The molecule has 1 aromatic carbocycles. The van der Waals surface area contributed by atoms with Crippen LogP contribution < -0.4 is 9.47 Å². The lowest BCUT2D eigenvalue weighted by molar-refractivity contribution is -0.145. The van der Waals surface area contributed by atoms with Crippen LogP contribution in [0, 0.1) is 5.41 Å². The second kappa shape index (κ2) is 16.2. The van der Waals surface area contributed by atoms with E-state index in [4.69, 9.17) is 37.4 Å². The molecule has 0 radical (unpaired) electrons. The average molecular weight is 796 g/mol. The highest BCUT2D eigenvalue weighted by Gasteiger charge is 2.41. The van der Waals surface area contributed by atoms with Crippen LogP contribution in [0.25, 0.3) is 15.7 Å². The molecular weight excluding hydrogens is 756 g/mol. The van der Waals surface area contributed by atoms with Crippen LogP contribution in [-0.4, -0.2) is 104 Å². The minimum absolute atomic E-state index is 0.0622. The van der Waals surface area contributed by atoms with Crippen LogP contribution in [0.5, 0.6) is 11.6 Å². The largest absolute Gasteiger partial charge is 0.495 e. The predicted molar refractivity (Wildman–Crippen MR) is 197 cm³/mol. The molecule has 1 aliphatic carbocycles. The van der Waals surface area contributed by atoms with Crippen LogP contribution in [0.4, 0.5) is 13.2 Å². The van der Waals surface area contributed by atoms with E-state index in [1.807, 2.05) is 26.0 Å². The van der Waals surface area contributed by atoms with Crippen molar-refractivity contribution in [2.24, 2.45) is 5.41 Å². The molecule has 11 nitrogen and oxygen atoms in total. The van der Waals surface area contributed by atoms with Gasteiger partial charge in [0.1, 0.15) is 36.4 Å². The Bertz CT molecular complexity index is 1990. The maximum absolute atomic E-state index is 13.0. The minimum atomic E-state index is -4.46. The number of ether oxygens (including phenoxy) is 3. The zero-order valence-electron chi connectivity index (χ0n) is 29.3. The number of carboxylic acids is 1. The lowest BCUT2D eigenvalue weighted by Crippen LogP contribution is -2.45. The molecule has 1 fully saturated rings. The molecule has 2 aliphatic rings. The molecular formula is C36H39Cl2F3N6O5S. The van der Waals surface area contributed by atoms with Gasteiger partial charge < -0.3 is 24.2 Å². The summed E-state index contributed by atoms with van der Waals surface area (Å²) in [6, 6.07) is 8.09. The number of carbonyl (C=O) groups is 1. The number of fused-ring (bicyclic) bond motifs is 1. The van der Waals surface area contributed by atoms with E-state index in [2.05, 4.69) is 31.3 Å². The van der Waals surface area contributed by atoms with Gasteiger partial charge in [-0.3, -0.25) is 9.58 Å². The van der Waals surface area contributed by atoms with E-state index in [0.29, 0.717) is 33.6 Å². The Morgan fingerprint density at radius 2 is 1.89 bits per heavy atom. The summed E-state index contributed by atoms with van der Waals surface area (Å²) in [5, 5.41) is 14.2. The number of benzene rings is 1. The number of halogens is 5. The van der Waals surface area contributed by atoms with Gasteiger partial charge in [0.2, 0.25) is 12.0 Å². The molecule has 1 aliphatic heterocycles. The van der Waals surface area contributed by atoms with E-state index in [1.54, 1.807) is 30.5 Å². The van der Waals surface area contributed by atoms with E-state index < -0.39 is 35.6 Å².